The Bertz CT molecular complexity index is 909. The van der Waals surface area contributed by atoms with Crippen LogP contribution in [0.1, 0.15) is 21.5 Å². The third-order valence-electron chi connectivity index (χ3n) is 3.47. The summed E-state index contributed by atoms with van der Waals surface area (Å²) in [6.45, 7) is 0. The molecule has 1 aromatic heterocycles. The number of fused-ring (bicyclic) bond motifs is 1. The van der Waals surface area contributed by atoms with E-state index in [1.54, 1.807) is 6.07 Å². The van der Waals surface area contributed by atoms with E-state index in [1.807, 2.05) is 0 Å². The number of phenols is 1. The molecule has 0 radical (unpaired) electrons. The van der Waals surface area contributed by atoms with E-state index in [0.29, 0.717) is 5.39 Å². The minimum Gasteiger partial charge on any atom is -0.507 e. The molecule has 0 aliphatic rings. The monoisotopic (exact) mass is 314 g/mol. The molecule has 5 nitrogen and oxygen atoms in total. The average Bonchev–Trinajstić information content (AvgIpc) is 2.95. The number of benzene rings is 2. The first-order valence-corrected chi connectivity index (χ1v) is 6.71. The Morgan fingerprint density at radius 3 is 2.48 bits per heavy atom. The maximum Gasteiger partial charge on any atom is 0.307 e. The van der Waals surface area contributed by atoms with E-state index in [0.717, 1.165) is 12.1 Å². The Hall–Kier alpha value is -3.15. The lowest BCUT2D eigenvalue weighted by Crippen LogP contribution is -2.06. The molecule has 0 atom stereocenters. The molecule has 0 aliphatic heterocycles. The van der Waals surface area contributed by atoms with Gasteiger partial charge in [-0.05, 0) is 36.4 Å². The molecule has 0 fully saturated rings. The molecule has 2 N–H and O–H groups in total. The number of hydrogen-bond donors (Lipinski definition) is 2. The second kappa shape index (κ2) is 5.57. The Morgan fingerprint density at radius 2 is 1.83 bits per heavy atom. The van der Waals surface area contributed by atoms with Gasteiger partial charge in [-0.2, -0.15) is 0 Å². The Balaban J connectivity index is 2.20. The van der Waals surface area contributed by atoms with E-state index < -0.39 is 29.7 Å². The highest BCUT2D eigenvalue weighted by molar-refractivity contribution is 6.17. The molecule has 1 heterocycles. The SMILES string of the molecule is O=C(O)Cc1cc2ccoc2c(C(=O)c2ccc(F)cc2)c1O. The van der Waals surface area contributed by atoms with Crippen molar-refractivity contribution in [2.24, 2.45) is 0 Å². The van der Waals surface area contributed by atoms with E-state index in [2.05, 4.69) is 0 Å². The zero-order chi connectivity index (χ0) is 16.6. The fourth-order valence-electron chi connectivity index (χ4n) is 2.41. The molecular weight excluding hydrogens is 303 g/mol. The summed E-state index contributed by atoms with van der Waals surface area (Å²) in [5, 5.41) is 19.8. The van der Waals surface area contributed by atoms with Gasteiger partial charge in [-0.15, -0.1) is 0 Å². The van der Waals surface area contributed by atoms with Gasteiger partial charge in [-0.1, -0.05) is 0 Å². The lowest BCUT2D eigenvalue weighted by Gasteiger charge is -2.09. The number of phenolic OH excluding ortho intramolecular Hbond substituents is 1. The number of hydrogen-bond acceptors (Lipinski definition) is 4. The molecule has 0 saturated carbocycles. The molecule has 0 aliphatic carbocycles. The first-order chi connectivity index (χ1) is 11.0. The second-order valence-corrected chi connectivity index (χ2v) is 5.00. The van der Waals surface area contributed by atoms with Gasteiger partial charge in [-0.25, -0.2) is 4.39 Å². The van der Waals surface area contributed by atoms with Crippen molar-refractivity contribution in [1.82, 2.24) is 0 Å². The highest BCUT2D eigenvalue weighted by Crippen LogP contribution is 2.34. The second-order valence-electron chi connectivity index (χ2n) is 5.00. The predicted octanol–water partition coefficient (Wildman–Crippen LogP) is 3.14. The Kier molecular flexibility index (Phi) is 3.57. The van der Waals surface area contributed by atoms with Crippen LogP contribution < -0.4 is 0 Å². The molecule has 23 heavy (non-hydrogen) atoms. The van der Waals surface area contributed by atoms with Gasteiger partial charge in [0.15, 0.2) is 0 Å². The third kappa shape index (κ3) is 2.66. The molecule has 0 saturated heterocycles. The summed E-state index contributed by atoms with van der Waals surface area (Å²) < 4.78 is 18.3. The number of rotatable bonds is 4. The van der Waals surface area contributed by atoms with Gasteiger partial charge in [0.2, 0.25) is 5.78 Å². The van der Waals surface area contributed by atoms with Gasteiger partial charge in [0, 0.05) is 16.5 Å². The molecule has 0 amide bonds. The molecule has 116 valence electrons. The number of halogens is 1. The van der Waals surface area contributed by atoms with E-state index >= 15 is 0 Å². The zero-order valence-corrected chi connectivity index (χ0v) is 11.7. The number of aliphatic carboxylic acids is 1. The van der Waals surface area contributed by atoms with Gasteiger partial charge < -0.3 is 14.6 Å². The number of carboxylic acid groups (broad SMARTS) is 1. The molecular formula is C17H11FO5. The summed E-state index contributed by atoms with van der Waals surface area (Å²) in [7, 11) is 0. The summed E-state index contributed by atoms with van der Waals surface area (Å²) in [6, 6.07) is 7.87. The van der Waals surface area contributed by atoms with E-state index in [1.165, 1.54) is 24.5 Å². The number of furan rings is 1. The highest BCUT2D eigenvalue weighted by Gasteiger charge is 2.23. The summed E-state index contributed by atoms with van der Waals surface area (Å²) in [4.78, 5) is 23.6. The molecule has 3 rings (SSSR count). The van der Waals surface area contributed by atoms with Gasteiger partial charge >= 0.3 is 5.97 Å². The topological polar surface area (TPSA) is 87.7 Å². The Labute approximate surface area is 129 Å². The maximum atomic E-state index is 13.0. The van der Waals surface area contributed by atoms with Crippen LogP contribution in [0.4, 0.5) is 4.39 Å². The van der Waals surface area contributed by atoms with Gasteiger partial charge in [0.1, 0.15) is 22.7 Å². The Morgan fingerprint density at radius 1 is 1.13 bits per heavy atom. The van der Waals surface area contributed by atoms with Crippen molar-refractivity contribution < 1.29 is 28.6 Å². The van der Waals surface area contributed by atoms with Crippen LogP contribution in [0, 0.1) is 5.82 Å². The van der Waals surface area contributed by atoms with Crippen molar-refractivity contribution in [3.8, 4) is 5.75 Å². The lowest BCUT2D eigenvalue weighted by molar-refractivity contribution is -0.136. The maximum absolute atomic E-state index is 13.0. The van der Waals surface area contributed by atoms with Crippen molar-refractivity contribution >= 4 is 22.7 Å². The van der Waals surface area contributed by atoms with Crippen molar-refractivity contribution in [3.63, 3.8) is 0 Å². The number of carbonyl (C=O) groups excluding carboxylic acids is 1. The van der Waals surface area contributed by atoms with Crippen molar-refractivity contribution in [2.45, 2.75) is 6.42 Å². The van der Waals surface area contributed by atoms with E-state index in [4.69, 9.17) is 9.52 Å². The largest absolute Gasteiger partial charge is 0.507 e. The van der Waals surface area contributed by atoms with Gasteiger partial charge in [0.25, 0.3) is 0 Å². The van der Waals surface area contributed by atoms with Crippen LogP contribution in [0.2, 0.25) is 0 Å². The summed E-state index contributed by atoms with van der Waals surface area (Å²) in [6.07, 6.45) is 0.909. The summed E-state index contributed by atoms with van der Waals surface area (Å²) >= 11 is 0. The first kappa shape index (κ1) is 14.8. The number of carbonyl (C=O) groups is 2. The minimum atomic E-state index is -1.14. The summed E-state index contributed by atoms with van der Waals surface area (Å²) in [5.41, 5.74) is 0.296. The van der Waals surface area contributed by atoms with Crippen LogP contribution in [0.15, 0.2) is 47.1 Å². The molecule has 3 aromatic rings. The lowest BCUT2D eigenvalue weighted by atomic mass is 9.96. The van der Waals surface area contributed by atoms with Crippen LogP contribution >= 0.6 is 0 Å². The van der Waals surface area contributed by atoms with Crippen LogP contribution in [0.5, 0.6) is 5.75 Å². The normalized spacial score (nSPS) is 10.8. The van der Waals surface area contributed by atoms with Crippen LogP contribution in [-0.4, -0.2) is 22.0 Å². The molecule has 0 spiro atoms. The van der Waals surface area contributed by atoms with E-state index in [-0.39, 0.29) is 22.3 Å². The van der Waals surface area contributed by atoms with Crippen LogP contribution in [0.3, 0.4) is 0 Å². The van der Waals surface area contributed by atoms with Crippen molar-refractivity contribution in [1.29, 1.82) is 0 Å². The quantitative estimate of drug-likeness (QED) is 0.722. The number of carboxylic acids is 1. The number of ketones is 1. The third-order valence-corrected chi connectivity index (χ3v) is 3.47. The fraction of sp³-hybridized carbons (Fsp3) is 0.0588. The minimum absolute atomic E-state index is 0.108. The first-order valence-electron chi connectivity index (χ1n) is 6.71. The fourth-order valence-corrected chi connectivity index (χ4v) is 2.41. The average molecular weight is 314 g/mol. The van der Waals surface area contributed by atoms with E-state index in [9.17, 15) is 19.1 Å². The smallest absolute Gasteiger partial charge is 0.307 e. The molecule has 0 unspecified atom stereocenters. The van der Waals surface area contributed by atoms with Crippen molar-refractivity contribution in [2.75, 3.05) is 0 Å². The zero-order valence-electron chi connectivity index (χ0n) is 11.7. The molecule has 2 aromatic carbocycles. The number of aromatic hydroxyl groups is 1. The van der Waals surface area contributed by atoms with Crippen LogP contribution in [-0.2, 0) is 11.2 Å². The molecule has 0 bridgehead atoms. The van der Waals surface area contributed by atoms with Gasteiger partial charge in [0.05, 0.1) is 12.7 Å². The predicted molar refractivity (Wildman–Crippen MR) is 79.1 cm³/mol. The van der Waals surface area contributed by atoms with Crippen LogP contribution in [0.25, 0.3) is 11.0 Å². The highest BCUT2D eigenvalue weighted by atomic mass is 19.1. The standard InChI is InChI=1S/C17H11FO5/c18-12-3-1-9(2-4-12)15(21)14-16(22)11(8-13(19)20)7-10-5-6-23-17(10)14/h1-7,22H,8H2,(H,19,20). The van der Waals surface area contributed by atoms with Crippen molar-refractivity contribution in [3.05, 3.63) is 65.2 Å². The van der Waals surface area contributed by atoms with Gasteiger partial charge in [-0.3, -0.25) is 9.59 Å². The summed E-state index contributed by atoms with van der Waals surface area (Å²) in [5.74, 6) is -2.64. The molecule has 6 heteroatoms.